The van der Waals surface area contributed by atoms with Crippen molar-refractivity contribution in [2.45, 2.75) is 45.2 Å². The molecule has 2 N–H and O–H groups in total. The van der Waals surface area contributed by atoms with Crippen LogP contribution >= 0.6 is 11.6 Å². The molecule has 2 aromatic carbocycles. The van der Waals surface area contributed by atoms with Gasteiger partial charge in [-0.3, -0.25) is 14.6 Å². The third-order valence-corrected chi connectivity index (χ3v) is 7.13. The number of rotatable bonds is 7. The summed E-state index contributed by atoms with van der Waals surface area (Å²) in [5.74, 6) is -0.419. The molecule has 2 aliphatic rings. The Hall–Kier alpha value is -2.64. The van der Waals surface area contributed by atoms with Crippen LogP contribution < -0.4 is 5.32 Å². The zero-order valence-corrected chi connectivity index (χ0v) is 20.3. The lowest BCUT2D eigenvalue weighted by Gasteiger charge is -2.41. The van der Waals surface area contributed by atoms with E-state index in [0.717, 1.165) is 31.5 Å². The van der Waals surface area contributed by atoms with Gasteiger partial charge >= 0.3 is 6.03 Å². The van der Waals surface area contributed by atoms with Crippen LogP contribution in [0.15, 0.2) is 42.5 Å². The fraction of sp³-hybridized carbons (Fsp3) is 0.462. The molecule has 182 valence electrons. The summed E-state index contributed by atoms with van der Waals surface area (Å²) in [5.41, 5.74) is 0.624. The van der Waals surface area contributed by atoms with Crippen LogP contribution in [0.4, 0.5) is 9.18 Å². The van der Waals surface area contributed by atoms with Crippen molar-refractivity contribution < 1.29 is 19.1 Å². The van der Waals surface area contributed by atoms with Gasteiger partial charge in [0, 0.05) is 19.5 Å². The molecule has 0 aromatic heterocycles. The molecule has 0 spiro atoms. The normalized spacial score (nSPS) is 22.0. The molecule has 6 nitrogen and oxygen atoms in total. The molecule has 8 heteroatoms. The Morgan fingerprint density at radius 2 is 1.88 bits per heavy atom. The number of nitrogens with one attached hydrogen (secondary N) is 1. The van der Waals surface area contributed by atoms with Crippen LogP contribution in [0.5, 0.6) is 5.75 Å². The van der Waals surface area contributed by atoms with Crippen LogP contribution in [0.3, 0.4) is 0 Å². The maximum absolute atomic E-state index is 13.9. The molecule has 1 unspecified atom stereocenters. The number of urea groups is 1. The smallest absolute Gasteiger partial charge is 0.325 e. The topological polar surface area (TPSA) is 72.9 Å². The van der Waals surface area contributed by atoms with Crippen LogP contribution in [0.1, 0.15) is 37.8 Å². The standard InChI is InChI=1S/C26H31ClFN3O3/c1-17(2)15-31-24(33)26(29-25(31)34,14-18-4-3-5-21(28)12-18)20-8-10-30(11-9-20)16-19-6-7-23(32)22(27)13-19/h3-7,12-13,17,20,32H,8-11,14-16H2,1-2H3,(H,29,34). The minimum Gasteiger partial charge on any atom is -0.506 e. The number of hydrogen-bond acceptors (Lipinski definition) is 4. The maximum Gasteiger partial charge on any atom is 0.325 e. The lowest BCUT2D eigenvalue weighted by atomic mass is 9.73. The van der Waals surface area contributed by atoms with Crippen molar-refractivity contribution in [2.75, 3.05) is 19.6 Å². The number of imide groups is 1. The molecule has 34 heavy (non-hydrogen) atoms. The minimum absolute atomic E-state index is 0.0601. The first-order valence-electron chi connectivity index (χ1n) is 11.8. The predicted octanol–water partition coefficient (Wildman–Crippen LogP) is 4.59. The Bertz CT molecular complexity index is 1070. The number of halogens is 2. The zero-order chi connectivity index (χ0) is 24.5. The van der Waals surface area contributed by atoms with E-state index >= 15 is 0 Å². The lowest BCUT2D eigenvalue weighted by Crippen LogP contribution is -2.57. The van der Waals surface area contributed by atoms with Gasteiger partial charge in [0.15, 0.2) is 0 Å². The van der Waals surface area contributed by atoms with Crippen LogP contribution in [0.25, 0.3) is 0 Å². The Morgan fingerprint density at radius 1 is 1.15 bits per heavy atom. The summed E-state index contributed by atoms with van der Waals surface area (Å²) >= 11 is 6.05. The van der Waals surface area contributed by atoms with E-state index in [0.29, 0.717) is 23.7 Å². The van der Waals surface area contributed by atoms with Gasteiger partial charge in [0.25, 0.3) is 5.91 Å². The Balaban J connectivity index is 1.53. The summed E-state index contributed by atoms with van der Waals surface area (Å²) in [6.07, 6.45) is 1.72. The predicted molar refractivity (Wildman–Crippen MR) is 129 cm³/mol. The molecule has 0 radical (unpaired) electrons. The molecule has 2 fully saturated rings. The van der Waals surface area contributed by atoms with Crippen molar-refractivity contribution in [3.63, 3.8) is 0 Å². The number of carbonyl (C=O) groups is 2. The van der Waals surface area contributed by atoms with Gasteiger partial charge in [-0.15, -0.1) is 0 Å². The summed E-state index contributed by atoms with van der Waals surface area (Å²) in [6.45, 7) is 6.49. The molecule has 2 saturated heterocycles. The first-order chi connectivity index (χ1) is 16.2. The highest BCUT2D eigenvalue weighted by atomic mass is 35.5. The molecular formula is C26H31ClFN3O3. The van der Waals surface area contributed by atoms with Crippen molar-refractivity contribution in [3.8, 4) is 5.75 Å². The maximum atomic E-state index is 13.9. The third-order valence-electron chi connectivity index (χ3n) is 6.82. The number of piperidine rings is 1. The number of phenolic OH excluding ortho intramolecular Hbond substituents is 1. The average molecular weight is 488 g/mol. The van der Waals surface area contributed by atoms with Crippen molar-refractivity contribution >= 4 is 23.5 Å². The van der Waals surface area contributed by atoms with Crippen molar-refractivity contribution in [2.24, 2.45) is 11.8 Å². The summed E-state index contributed by atoms with van der Waals surface area (Å²) in [4.78, 5) is 30.2. The van der Waals surface area contributed by atoms with Gasteiger partial charge in [-0.25, -0.2) is 9.18 Å². The monoisotopic (exact) mass is 487 g/mol. The van der Waals surface area contributed by atoms with Crippen LogP contribution in [0, 0.1) is 17.7 Å². The van der Waals surface area contributed by atoms with E-state index in [1.165, 1.54) is 17.0 Å². The number of carbonyl (C=O) groups excluding carboxylic acids is 2. The van der Waals surface area contributed by atoms with Crippen LogP contribution in [0.2, 0.25) is 5.02 Å². The number of phenols is 1. The molecule has 2 aromatic rings. The number of benzene rings is 2. The summed E-state index contributed by atoms with van der Waals surface area (Å²) in [7, 11) is 0. The average Bonchev–Trinajstić information content (AvgIpc) is 3.01. The van der Waals surface area contributed by atoms with E-state index in [2.05, 4.69) is 10.2 Å². The van der Waals surface area contributed by atoms with E-state index < -0.39 is 5.54 Å². The molecule has 0 saturated carbocycles. The van der Waals surface area contributed by atoms with E-state index in [4.69, 9.17) is 11.6 Å². The highest BCUT2D eigenvalue weighted by Crippen LogP contribution is 2.37. The second-order valence-corrected chi connectivity index (χ2v) is 10.3. The van der Waals surface area contributed by atoms with Crippen molar-refractivity contribution in [1.29, 1.82) is 0 Å². The van der Waals surface area contributed by atoms with Gasteiger partial charge in [0.05, 0.1) is 5.02 Å². The highest BCUT2D eigenvalue weighted by Gasteiger charge is 2.55. The molecule has 3 amide bonds. The quantitative estimate of drug-likeness (QED) is 0.560. The minimum atomic E-state index is -1.08. The van der Waals surface area contributed by atoms with Crippen LogP contribution in [-0.2, 0) is 17.8 Å². The molecular weight excluding hydrogens is 457 g/mol. The van der Waals surface area contributed by atoms with E-state index in [1.54, 1.807) is 24.3 Å². The summed E-state index contributed by atoms with van der Waals surface area (Å²) < 4.78 is 13.9. The van der Waals surface area contributed by atoms with Crippen molar-refractivity contribution in [3.05, 3.63) is 64.4 Å². The number of likely N-dealkylation sites (tertiary alicyclic amines) is 1. The largest absolute Gasteiger partial charge is 0.506 e. The number of nitrogens with zero attached hydrogens (tertiary/aromatic N) is 2. The fourth-order valence-electron chi connectivity index (χ4n) is 5.18. The van der Waals surface area contributed by atoms with Gasteiger partial charge in [-0.1, -0.05) is 43.6 Å². The highest BCUT2D eigenvalue weighted by molar-refractivity contribution is 6.32. The number of amides is 3. The van der Waals surface area contributed by atoms with Crippen molar-refractivity contribution in [1.82, 2.24) is 15.1 Å². The van der Waals surface area contributed by atoms with E-state index in [1.807, 2.05) is 19.9 Å². The fourth-order valence-corrected chi connectivity index (χ4v) is 5.38. The second kappa shape index (κ2) is 9.92. The second-order valence-electron chi connectivity index (χ2n) is 9.85. The van der Waals surface area contributed by atoms with Gasteiger partial charge in [0.2, 0.25) is 0 Å². The Kier molecular flexibility index (Phi) is 7.14. The third kappa shape index (κ3) is 5.05. The van der Waals surface area contributed by atoms with Crippen LogP contribution in [-0.4, -0.2) is 52.0 Å². The summed E-state index contributed by atoms with van der Waals surface area (Å²) in [6, 6.07) is 11.1. The van der Waals surface area contributed by atoms with E-state index in [9.17, 15) is 19.1 Å². The van der Waals surface area contributed by atoms with E-state index in [-0.39, 0.29) is 41.8 Å². The molecule has 0 bridgehead atoms. The SMILES string of the molecule is CC(C)CN1C(=O)NC(Cc2cccc(F)c2)(C2CCN(Cc3ccc(O)c(Cl)c3)CC2)C1=O. The lowest BCUT2D eigenvalue weighted by molar-refractivity contribution is -0.134. The first kappa shape index (κ1) is 24.5. The first-order valence-corrected chi connectivity index (χ1v) is 12.1. The Labute approximate surface area is 204 Å². The number of aromatic hydroxyl groups is 1. The molecule has 2 aliphatic heterocycles. The van der Waals surface area contributed by atoms with Gasteiger partial charge < -0.3 is 10.4 Å². The molecule has 0 aliphatic carbocycles. The number of hydrogen-bond donors (Lipinski definition) is 2. The van der Waals surface area contributed by atoms with Gasteiger partial charge in [0.1, 0.15) is 17.1 Å². The summed E-state index contributed by atoms with van der Waals surface area (Å²) in [5, 5.41) is 13.0. The molecule has 2 heterocycles. The van der Waals surface area contributed by atoms with Gasteiger partial charge in [-0.2, -0.15) is 0 Å². The van der Waals surface area contributed by atoms with Gasteiger partial charge in [-0.05, 0) is 73.2 Å². The molecule has 1 atom stereocenters. The Morgan fingerprint density at radius 3 is 2.53 bits per heavy atom. The molecule has 4 rings (SSSR count). The zero-order valence-electron chi connectivity index (χ0n) is 19.6.